The van der Waals surface area contributed by atoms with Crippen molar-refractivity contribution in [1.29, 1.82) is 0 Å². The molecular formula is C10H18N2O4. The minimum absolute atomic E-state index is 0.322. The summed E-state index contributed by atoms with van der Waals surface area (Å²) < 4.78 is 0. The molecule has 6 heteroatoms. The minimum atomic E-state index is -1.05. The van der Waals surface area contributed by atoms with Gasteiger partial charge in [0.05, 0.1) is 0 Å². The van der Waals surface area contributed by atoms with Gasteiger partial charge >= 0.3 is 5.97 Å². The van der Waals surface area contributed by atoms with Gasteiger partial charge in [-0.2, -0.15) is 0 Å². The van der Waals surface area contributed by atoms with Crippen molar-refractivity contribution in [1.82, 2.24) is 10.2 Å². The van der Waals surface area contributed by atoms with E-state index in [0.717, 1.165) is 4.90 Å². The van der Waals surface area contributed by atoms with Crippen LogP contribution in [-0.2, 0) is 14.4 Å². The predicted octanol–water partition coefficient (Wildman–Crippen LogP) is -0.167. The van der Waals surface area contributed by atoms with Crippen molar-refractivity contribution in [2.45, 2.75) is 39.3 Å². The monoisotopic (exact) mass is 230 g/mol. The van der Waals surface area contributed by atoms with Gasteiger partial charge in [0.2, 0.25) is 11.8 Å². The number of likely N-dealkylation sites (N-methyl/N-ethyl adjacent to an activating group) is 1. The number of carboxylic acid groups (broad SMARTS) is 1. The second kappa shape index (κ2) is 6.09. The number of carbonyl (C=O) groups is 3. The van der Waals surface area contributed by atoms with Gasteiger partial charge in [-0.25, -0.2) is 4.79 Å². The van der Waals surface area contributed by atoms with E-state index in [4.69, 9.17) is 5.11 Å². The quantitative estimate of drug-likeness (QED) is 0.686. The number of aliphatic carboxylic acids is 1. The predicted molar refractivity (Wildman–Crippen MR) is 57.8 cm³/mol. The highest BCUT2D eigenvalue weighted by Crippen LogP contribution is 2.04. The van der Waals surface area contributed by atoms with Gasteiger partial charge in [-0.05, 0) is 13.3 Å². The molecule has 0 aliphatic heterocycles. The molecule has 92 valence electrons. The Bertz CT molecular complexity index is 291. The Balaban J connectivity index is 4.58. The Morgan fingerprint density at radius 2 is 1.88 bits per heavy atom. The standard InChI is InChI=1S/C10H18N2O4/c1-5-8(10(15)16)12(4)9(14)6(2)11-7(3)13/h6,8H,5H2,1-4H3,(H,11,13)(H,15,16). The highest BCUT2D eigenvalue weighted by Gasteiger charge is 2.27. The van der Waals surface area contributed by atoms with Gasteiger partial charge in [0.1, 0.15) is 12.1 Å². The molecule has 0 heterocycles. The third-order valence-corrected chi connectivity index (χ3v) is 2.28. The summed E-state index contributed by atoms with van der Waals surface area (Å²) in [6.45, 7) is 4.51. The summed E-state index contributed by atoms with van der Waals surface area (Å²) in [5.74, 6) is -1.78. The largest absolute Gasteiger partial charge is 0.480 e. The van der Waals surface area contributed by atoms with Crippen molar-refractivity contribution >= 4 is 17.8 Å². The lowest BCUT2D eigenvalue weighted by Gasteiger charge is -2.26. The third kappa shape index (κ3) is 3.88. The van der Waals surface area contributed by atoms with Crippen molar-refractivity contribution in [2.24, 2.45) is 0 Å². The number of nitrogens with zero attached hydrogens (tertiary/aromatic N) is 1. The van der Waals surface area contributed by atoms with Crippen molar-refractivity contribution in [3.8, 4) is 0 Å². The fraction of sp³-hybridized carbons (Fsp3) is 0.700. The Morgan fingerprint density at radius 3 is 2.19 bits per heavy atom. The molecule has 0 aliphatic rings. The van der Waals surface area contributed by atoms with Crippen LogP contribution in [0.25, 0.3) is 0 Å². The van der Waals surface area contributed by atoms with Crippen LogP contribution in [-0.4, -0.2) is 46.9 Å². The molecule has 2 unspecified atom stereocenters. The highest BCUT2D eigenvalue weighted by molar-refractivity contribution is 5.89. The number of nitrogens with one attached hydrogen (secondary N) is 1. The van der Waals surface area contributed by atoms with E-state index in [-0.39, 0.29) is 5.91 Å². The van der Waals surface area contributed by atoms with Gasteiger partial charge in [-0.15, -0.1) is 0 Å². The number of carboxylic acids is 1. The lowest BCUT2D eigenvalue weighted by Crippen LogP contribution is -2.50. The summed E-state index contributed by atoms with van der Waals surface area (Å²) in [7, 11) is 1.42. The van der Waals surface area contributed by atoms with Gasteiger partial charge in [0, 0.05) is 14.0 Å². The molecule has 0 aromatic rings. The topological polar surface area (TPSA) is 86.7 Å². The van der Waals surface area contributed by atoms with Gasteiger partial charge in [0.15, 0.2) is 0 Å². The van der Waals surface area contributed by atoms with E-state index in [9.17, 15) is 14.4 Å². The molecule has 2 atom stereocenters. The molecule has 0 radical (unpaired) electrons. The van der Waals surface area contributed by atoms with Gasteiger partial charge in [0.25, 0.3) is 0 Å². The second-order valence-corrected chi connectivity index (χ2v) is 3.63. The molecule has 0 aromatic heterocycles. The number of amides is 2. The molecule has 0 aliphatic carbocycles. The van der Waals surface area contributed by atoms with Crippen LogP contribution in [0, 0.1) is 0 Å². The van der Waals surface area contributed by atoms with Crippen LogP contribution in [0.15, 0.2) is 0 Å². The van der Waals surface area contributed by atoms with E-state index in [1.54, 1.807) is 6.92 Å². The van der Waals surface area contributed by atoms with Gasteiger partial charge in [-0.1, -0.05) is 6.92 Å². The number of hydrogen-bond acceptors (Lipinski definition) is 3. The summed E-state index contributed by atoms with van der Waals surface area (Å²) >= 11 is 0. The summed E-state index contributed by atoms with van der Waals surface area (Å²) in [4.78, 5) is 34.5. The molecule has 16 heavy (non-hydrogen) atoms. The lowest BCUT2D eigenvalue weighted by molar-refractivity contribution is -0.150. The molecule has 2 amide bonds. The average Bonchev–Trinajstić information content (AvgIpc) is 2.15. The van der Waals surface area contributed by atoms with E-state index in [1.165, 1.54) is 20.9 Å². The Morgan fingerprint density at radius 1 is 1.38 bits per heavy atom. The molecule has 0 aromatic carbocycles. The second-order valence-electron chi connectivity index (χ2n) is 3.63. The normalized spacial score (nSPS) is 13.8. The number of rotatable bonds is 5. The van der Waals surface area contributed by atoms with E-state index in [0.29, 0.717) is 6.42 Å². The minimum Gasteiger partial charge on any atom is -0.480 e. The lowest BCUT2D eigenvalue weighted by atomic mass is 10.1. The average molecular weight is 230 g/mol. The number of carbonyl (C=O) groups excluding carboxylic acids is 2. The van der Waals surface area contributed by atoms with Crippen LogP contribution in [0.2, 0.25) is 0 Å². The Hall–Kier alpha value is -1.59. The maximum atomic E-state index is 11.7. The highest BCUT2D eigenvalue weighted by atomic mass is 16.4. The fourth-order valence-corrected chi connectivity index (χ4v) is 1.44. The van der Waals surface area contributed by atoms with Crippen molar-refractivity contribution in [3.05, 3.63) is 0 Å². The first kappa shape index (κ1) is 14.4. The molecule has 0 fully saturated rings. The molecule has 0 bridgehead atoms. The van der Waals surface area contributed by atoms with Crippen molar-refractivity contribution in [2.75, 3.05) is 7.05 Å². The molecule has 0 saturated carbocycles. The van der Waals surface area contributed by atoms with Crippen LogP contribution < -0.4 is 5.32 Å². The maximum Gasteiger partial charge on any atom is 0.326 e. The van der Waals surface area contributed by atoms with E-state index < -0.39 is 24.0 Å². The summed E-state index contributed by atoms with van der Waals surface area (Å²) in [5, 5.41) is 11.3. The Kier molecular flexibility index (Phi) is 5.49. The molecule has 0 rings (SSSR count). The fourth-order valence-electron chi connectivity index (χ4n) is 1.44. The van der Waals surface area contributed by atoms with Crippen LogP contribution in [0.4, 0.5) is 0 Å². The summed E-state index contributed by atoms with van der Waals surface area (Å²) in [6.07, 6.45) is 0.324. The molecular weight excluding hydrogens is 212 g/mol. The SMILES string of the molecule is CCC(C(=O)O)N(C)C(=O)C(C)NC(C)=O. The summed E-state index contributed by atoms with van der Waals surface area (Å²) in [6, 6.07) is -1.57. The van der Waals surface area contributed by atoms with Crippen LogP contribution in [0.1, 0.15) is 27.2 Å². The molecule has 0 saturated heterocycles. The summed E-state index contributed by atoms with van der Waals surface area (Å²) in [5.41, 5.74) is 0. The third-order valence-electron chi connectivity index (χ3n) is 2.28. The van der Waals surface area contributed by atoms with Crippen molar-refractivity contribution in [3.63, 3.8) is 0 Å². The first-order valence-corrected chi connectivity index (χ1v) is 5.07. The van der Waals surface area contributed by atoms with Crippen LogP contribution in [0.3, 0.4) is 0 Å². The van der Waals surface area contributed by atoms with Crippen molar-refractivity contribution < 1.29 is 19.5 Å². The smallest absolute Gasteiger partial charge is 0.326 e. The maximum absolute atomic E-state index is 11.7. The van der Waals surface area contributed by atoms with E-state index >= 15 is 0 Å². The first-order valence-electron chi connectivity index (χ1n) is 5.07. The van der Waals surface area contributed by atoms with E-state index in [2.05, 4.69) is 5.32 Å². The molecule has 0 spiro atoms. The zero-order chi connectivity index (χ0) is 12.9. The zero-order valence-corrected chi connectivity index (χ0v) is 9.98. The van der Waals surface area contributed by atoms with Crippen LogP contribution in [0.5, 0.6) is 0 Å². The zero-order valence-electron chi connectivity index (χ0n) is 9.98. The first-order chi connectivity index (χ1) is 7.31. The molecule has 6 nitrogen and oxygen atoms in total. The number of hydrogen-bond donors (Lipinski definition) is 2. The van der Waals surface area contributed by atoms with Crippen LogP contribution >= 0.6 is 0 Å². The van der Waals surface area contributed by atoms with E-state index in [1.807, 2.05) is 0 Å². The molecule has 2 N–H and O–H groups in total. The Labute approximate surface area is 94.6 Å². The van der Waals surface area contributed by atoms with Gasteiger partial charge < -0.3 is 15.3 Å². The van der Waals surface area contributed by atoms with Gasteiger partial charge in [-0.3, -0.25) is 9.59 Å².